The van der Waals surface area contributed by atoms with E-state index in [0.717, 1.165) is 23.1 Å². The van der Waals surface area contributed by atoms with Crippen molar-refractivity contribution >= 4 is 18.4 Å². The lowest BCUT2D eigenvalue weighted by atomic mass is 9.91. The maximum absolute atomic E-state index is 12.2. The zero-order valence-electron chi connectivity index (χ0n) is 16.2. The average molecular weight is 361 g/mol. The molecule has 0 bridgehead atoms. The van der Waals surface area contributed by atoms with Crippen molar-refractivity contribution < 1.29 is 19.1 Å². The summed E-state index contributed by atoms with van der Waals surface area (Å²) in [6.07, 6.45) is 0.750. The molecule has 0 aliphatic carbocycles. The number of ether oxygens (including phenoxy) is 1. The molecule has 0 radical (unpaired) electrons. The number of nitrogens with one attached hydrogen (secondary N) is 2. The quantitative estimate of drug-likeness (QED) is 0.636. The molecule has 2 rings (SSSR count). The lowest BCUT2D eigenvalue weighted by Crippen LogP contribution is -2.45. The van der Waals surface area contributed by atoms with Crippen LogP contribution in [0.5, 0.6) is 0 Å². The van der Waals surface area contributed by atoms with E-state index in [-0.39, 0.29) is 6.03 Å². The van der Waals surface area contributed by atoms with E-state index in [9.17, 15) is 14.4 Å². The predicted molar refractivity (Wildman–Crippen MR) is 99.4 cm³/mol. The lowest BCUT2D eigenvalue weighted by Gasteiger charge is -2.29. The Morgan fingerprint density at radius 2 is 1.88 bits per heavy atom. The summed E-state index contributed by atoms with van der Waals surface area (Å²) in [5.41, 5.74) is 3.98. The molecule has 3 amide bonds. The molecule has 7 nitrogen and oxygen atoms in total. The summed E-state index contributed by atoms with van der Waals surface area (Å²) in [4.78, 5) is 34.9. The monoisotopic (exact) mass is 361 g/mol. The normalized spacial score (nSPS) is 15.9. The fourth-order valence-electron chi connectivity index (χ4n) is 2.48. The van der Waals surface area contributed by atoms with Gasteiger partial charge in [-0.15, -0.1) is 0 Å². The van der Waals surface area contributed by atoms with Crippen LogP contribution in [-0.2, 0) is 14.3 Å². The summed E-state index contributed by atoms with van der Waals surface area (Å²) in [6.45, 7) is 7.70. The van der Waals surface area contributed by atoms with Crippen molar-refractivity contribution in [3.8, 4) is 0 Å². The minimum atomic E-state index is -0.488. The number of carbonyl (C=O) groups excluding carboxylic acids is 3. The van der Waals surface area contributed by atoms with Gasteiger partial charge >= 0.3 is 12.0 Å². The first-order valence-corrected chi connectivity index (χ1v) is 8.35. The van der Waals surface area contributed by atoms with Gasteiger partial charge < -0.3 is 20.3 Å². The summed E-state index contributed by atoms with van der Waals surface area (Å²) in [7, 11) is 3.38. The van der Waals surface area contributed by atoms with Gasteiger partial charge in [-0.05, 0) is 38.8 Å². The molecule has 0 fully saturated rings. The number of esters is 1. The van der Waals surface area contributed by atoms with Crippen LogP contribution >= 0.6 is 0 Å². The number of allylic oxidation sites excluding steroid dienone is 1. The van der Waals surface area contributed by atoms with Crippen molar-refractivity contribution in [2.24, 2.45) is 0 Å². The molecule has 1 aromatic rings. The molecule has 142 valence electrons. The SMILES string of the molecule is CCOC(=O)C1=C(C)NC(=O)NC1c1cc(C)ccc1C.CN(C)C=O. The van der Waals surface area contributed by atoms with Gasteiger partial charge in [0.1, 0.15) is 0 Å². The van der Waals surface area contributed by atoms with Crippen molar-refractivity contribution in [3.63, 3.8) is 0 Å². The second kappa shape index (κ2) is 9.60. The van der Waals surface area contributed by atoms with Crippen molar-refractivity contribution in [2.45, 2.75) is 33.7 Å². The van der Waals surface area contributed by atoms with Crippen LogP contribution < -0.4 is 10.6 Å². The minimum Gasteiger partial charge on any atom is -0.463 e. The number of aryl methyl sites for hydroxylation is 2. The van der Waals surface area contributed by atoms with Gasteiger partial charge in [-0.1, -0.05) is 23.8 Å². The molecule has 26 heavy (non-hydrogen) atoms. The van der Waals surface area contributed by atoms with Crippen LogP contribution in [0.15, 0.2) is 29.5 Å². The van der Waals surface area contributed by atoms with E-state index in [1.165, 1.54) is 4.90 Å². The molecule has 0 aromatic heterocycles. The van der Waals surface area contributed by atoms with Crippen LogP contribution in [0.4, 0.5) is 4.79 Å². The zero-order valence-corrected chi connectivity index (χ0v) is 16.2. The largest absolute Gasteiger partial charge is 0.463 e. The number of carbonyl (C=O) groups is 3. The van der Waals surface area contributed by atoms with Crippen LogP contribution in [0.3, 0.4) is 0 Å². The number of nitrogens with zero attached hydrogens (tertiary/aromatic N) is 1. The highest BCUT2D eigenvalue weighted by Crippen LogP contribution is 2.30. The van der Waals surface area contributed by atoms with Crippen molar-refractivity contribution in [3.05, 3.63) is 46.2 Å². The fourth-order valence-corrected chi connectivity index (χ4v) is 2.48. The fraction of sp³-hybridized carbons (Fsp3) is 0.421. The Morgan fingerprint density at radius 1 is 1.27 bits per heavy atom. The van der Waals surface area contributed by atoms with Gasteiger partial charge in [0.2, 0.25) is 6.41 Å². The van der Waals surface area contributed by atoms with Crippen LogP contribution in [0, 0.1) is 13.8 Å². The van der Waals surface area contributed by atoms with Crippen LogP contribution in [-0.4, -0.2) is 44.0 Å². The average Bonchev–Trinajstić information content (AvgIpc) is 2.57. The number of benzene rings is 1. The lowest BCUT2D eigenvalue weighted by molar-refractivity contribution is -0.139. The molecule has 1 heterocycles. The Morgan fingerprint density at radius 3 is 2.42 bits per heavy atom. The van der Waals surface area contributed by atoms with Crippen LogP contribution in [0.2, 0.25) is 0 Å². The second-order valence-electron chi connectivity index (χ2n) is 6.22. The van der Waals surface area contributed by atoms with Crippen molar-refractivity contribution in [1.82, 2.24) is 15.5 Å². The van der Waals surface area contributed by atoms with E-state index in [0.29, 0.717) is 17.9 Å². The molecule has 1 atom stereocenters. The van der Waals surface area contributed by atoms with E-state index in [2.05, 4.69) is 10.6 Å². The van der Waals surface area contributed by atoms with Crippen molar-refractivity contribution in [1.29, 1.82) is 0 Å². The molecule has 1 aliphatic heterocycles. The molecular formula is C19H27N3O4. The van der Waals surface area contributed by atoms with Gasteiger partial charge in [0.05, 0.1) is 18.2 Å². The maximum atomic E-state index is 12.2. The first kappa shape index (κ1) is 21.2. The Balaban J connectivity index is 0.000000597. The van der Waals surface area contributed by atoms with Crippen LogP contribution in [0.25, 0.3) is 0 Å². The molecule has 1 unspecified atom stereocenters. The number of rotatable bonds is 4. The molecule has 0 spiro atoms. The third-order valence-electron chi connectivity index (χ3n) is 3.72. The molecular weight excluding hydrogens is 334 g/mol. The highest BCUT2D eigenvalue weighted by molar-refractivity contribution is 5.95. The second-order valence-corrected chi connectivity index (χ2v) is 6.22. The summed E-state index contributed by atoms with van der Waals surface area (Å²) in [5.74, 6) is -0.409. The smallest absolute Gasteiger partial charge is 0.338 e. The third kappa shape index (κ3) is 5.61. The zero-order chi connectivity index (χ0) is 19.9. The summed E-state index contributed by atoms with van der Waals surface area (Å²) < 4.78 is 5.12. The van der Waals surface area contributed by atoms with E-state index in [1.54, 1.807) is 27.9 Å². The highest BCUT2D eigenvalue weighted by atomic mass is 16.5. The van der Waals surface area contributed by atoms with E-state index in [4.69, 9.17) is 4.74 Å². The van der Waals surface area contributed by atoms with Crippen molar-refractivity contribution in [2.75, 3.05) is 20.7 Å². The van der Waals surface area contributed by atoms with Gasteiger partial charge in [0.25, 0.3) is 0 Å². The number of hydrogen-bond acceptors (Lipinski definition) is 4. The molecule has 1 aliphatic rings. The minimum absolute atomic E-state index is 0.295. The maximum Gasteiger partial charge on any atom is 0.338 e. The Kier molecular flexibility index (Phi) is 7.83. The first-order chi connectivity index (χ1) is 12.2. The Hall–Kier alpha value is -2.83. The van der Waals surface area contributed by atoms with Gasteiger partial charge in [-0.2, -0.15) is 0 Å². The van der Waals surface area contributed by atoms with E-state index in [1.807, 2.05) is 32.0 Å². The standard InChI is InChI=1S/C16H20N2O3.C3H7NO/c1-5-21-15(19)13-11(4)17-16(20)18-14(13)12-8-9(2)6-7-10(12)3;1-4(2)3-5/h6-8,14H,5H2,1-4H3,(H2,17,18,20);3H,1-2H3. The topological polar surface area (TPSA) is 87.7 Å². The molecule has 2 N–H and O–H groups in total. The van der Waals surface area contributed by atoms with Gasteiger partial charge in [-0.25, -0.2) is 9.59 Å². The number of amides is 3. The first-order valence-electron chi connectivity index (χ1n) is 8.35. The Labute approximate surface area is 154 Å². The molecule has 7 heteroatoms. The molecule has 1 aromatic carbocycles. The summed E-state index contributed by atoms with van der Waals surface area (Å²) >= 11 is 0. The molecule has 0 saturated carbocycles. The van der Waals surface area contributed by atoms with Gasteiger partial charge in [0, 0.05) is 19.8 Å². The van der Waals surface area contributed by atoms with Gasteiger partial charge in [-0.3, -0.25) is 4.79 Å². The van der Waals surface area contributed by atoms with Crippen LogP contribution in [0.1, 0.15) is 36.6 Å². The summed E-state index contributed by atoms with van der Waals surface area (Å²) in [6, 6.07) is 5.17. The van der Waals surface area contributed by atoms with Gasteiger partial charge in [0.15, 0.2) is 0 Å². The highest BCUT2D eigenvalue weighted by Gasteiger charge is 2.32. The summed E-state index contributed by atoms with van der Waals surface area (Å²) in [5, 5.41) is 5.44. The Bertz CT molecular complexity index is 711. The number of hydrogen-bond donors (Lipinski definition) is 2. The third-order valence-corrected chi connectivity index (χ3v) is 3.72. The van der Waals surface area contributed by atoms with E-state index < -0.39 is 12.0 Å². The molecule has 0 saturated heterocycles. The van der Waals surface area contributed by atoms with E-state index >= 15 is 0 Å². The number of urea groups is 1. The predicted octanol–water partition coefficient (Wildman–Crippen LogP) is 2.20.